The molecule has 16 heavy (non-hydrogen) atoms. The number of aromatic nitrogens is 1. The Morgan fingerprint density at radius 1 is 1.50 bits per heavy atom. The van der Waals surface area contributed by atoms with E-state index in [9.17, 15) is 20.3 Å². The molecule has 8 heteroatoms. The van der Waals surface area contributed by atoms with Crippen LogP contribution in [-0.2, 0) is 0 Å². The summed E-state index contributed by atoms with van der Waals surface area (Å²) in [5.74, 6) is -0.222. The minimum Gasteiger partial charge on any atom is -0.389 e. The summed E-state index contributed by atoms with van der Waals surface area (Å²) in [7, 11) is 0. The highest BCUT2D eigenvalue weighted by Crippen LogP contribution is 2.31. The van der Waals surface area contributed by atoms with Crippen LogP contribution in [0, 0.1) is 10.1 Å². The quantitative estimate of drug-likeness (QED) is 0.486. The summed E-state index contributed by atoms with van der Waals surface area (Å²) in [5, 5.41) is 29.2. The highest BCUT2D eigenvalue weighted by Gasteiger charge is 2.25. The highest BCUT2D eigenvalue weighted by atomic mass is 35.5. The third-order valence-corrected chi connectivity index (χ3v) is 2.65. The first-order valence-corrected chi connectivity index (χ1v) is 5.10. The maximum absolute atomic E-state index is 10.5. The lowest BCUT2D eigenvalue weighted by Gasteiger charge is -2.16. The summed E-state index contributed by atoms with van der Waals surface area (Å²) in [6, 6.07) is 0. The molecule has 0 amide bonds. The summed E-state index contributed by atoms with van der Waals surface area (Å²) in [5.41, 5.74) is -0.455. The number of aliphatic hydroxyl groups excluding tert-OH is 2. The fraction of sp³-hybridized carbons (Fsp3) is 0.375. The SMILES string of the molecule is O=[N+]([O-])c1cncc(C(O)C(O)CCl)c1Cl. The van der Waals surface area contributed by atoms with Crippen LogP contribution in [0.5, 0.6) is 0 Å². The first-order chi connectivity index (χ1) is 7.49. The Kier molecular flexibility index (Phi) is 4.43. The molecule has 1 rings (SSSR count). The lowest BCUT2D eigenvalue weighted by atomic mass is 10.1. The van der Waals surface area contributed by atoms with Gasteiger partial charge in [-0.05, 0) is 0 Å². The number of rotatable bonds is 4. The van der Waals surface area contributed by atoms with Gasteiger partial charge in [0.2, 0.25) is 0 Å². The predicted octanol–water partition coefficient (Wildman–Crippen LogP) is 1.28. The van der Waals surface area contributed by atoms with Crippen molar-refractivity contribution in [3.63, 3.8) is 0 Å². The van der Waals surface area contributed by atoms with Gasteiger partial charge in [0.1, 0.15) is 17.3 Å². The Hall–Kier alpha value is -0.950. The average Bonchev–Trinajstić information content (AvgIpc) is 2.27. The van der Waals surface area contributed by atoms with Crippen molar-refractivity contribution in [3.8, 4) is 0 Å². The number of halogens is 2. The zero-order valence-electron chi connectivity index (χ0n) is 7.88. The molecule has 0 spiro atoms. The van der Waals surface area contributed by atoms with Gasteiger partial charge < -0.3 is 10.2 Å². The van der Waals surface area contributed by atoms with E-state index in [0.29, 0.717) is 0 Å². The molecule has 0 saturated carbocycles. The second-order valence-corrected chi connectivity index (χ2v) is 3.67. The molecule has 0 aromatic carbocycles. The van der Waals surface area contributed by atoms with Gasteiger partial charge in [0.15, 0.2) is 0 Å². The zero-order valence-corrected chi connectivity index (χ0v) is 9.39. The van der Waals surface area contributed by atoms with E-state index in [2.05, 4.69) is 4.98 Å². The molecule has 0 aliphatic rings. The number of alkyl halides is 1. The molecule has 2 N–H and O–H groups in total. The number of nitrogens with zero attached hydrogens (tertiary/aromatic N) is 2. The minimum absolute atomic E-state index is 0.0241. The molecule has 1 aromatic rings. The van der Waals surface area contributed by atoms with E-state index in [1.54, 1.807) is 0 Å². The average molecular weight is 267 g/mol. The second-order valence-electron chi connectivity index (χ2n) is 2.99. The molecule has 1 heterocycles. The maximum Gasteiger partial charge on any atom is 0.306 e. The molecule has 0 bridgehead atoms. The molecule has 6 nitrogen and oxygen atoms in total. The number of aliphatic hydroxyl groups is 2. The molecular weight excluding hydrogens is 259 g/mol. The maximum atomic E-state index is 10.5. The summed E-state index contributed by atoms with van der Waals surface area (Å²) in [6.07, 6.45) is -0.554. The molecule has 1 aromatic heterocycles. The van der Waals surface area contributed by atoms with Crippen LogP contribution in [0.2, 0.25) is 5.02 Å². The van der Waals surface area contributed by atoms with Crippen LogP contribution in [0.1, 0.15) is 11.7 Å². The third-order valence-electron chi connectivity index (χ3n) is 1.93. The van der Waals surface area contributed by atoms with Gasteiger partial charge >= 0.3 is 5.69 Å². The first kappa shape index (κ1) is 13.1. The molecule has 0 aliphatic carbocycles. The fourth-order valence-electron chi connectivity index (χ4n) is 1.07. The predicted molar refractivity (Wildman–Crippen MR) is 57.6 cm³/mol. The van der Waals surface area contributed by atoms with Crippen LogP contribution < -0.4 is 0 Å². The Morgan fingerprint density at radius 3 is 2.62 bits per heavy atom. The lowest BCUT2D eigenvalue weighted by Crippen LogP contribution is -2.20. The summed E-state index contributed by atoms with van der Waals surface area (Å²) < 4.78 is 0. The first-order valence-electron chi connectivity index (χ1n) is 4.19. The Balaban J connectivity index is 3.15. The molecular formula is C8H8Cl2N2O4. The van der Waals surface area contributed by atoms with E-state index in [1.165, 1.54) is 0 Å². The van der Waals surface area contributed by atoms with E-state index >= 15 is 0 Å². The fourth-order valence-corrected chi connectivity index (χ4v) is 1.52. The zero-order chi connectivity index (χ0) is 12.3. The summed E-state index contributed by atoms with van der Waals surface area (Å²) in [6.45, 7) is 0. The van der Waals surface area contributed by atoms with Crippen molar-refractivity contribution in [3.05, 3.63) is 33.1 Å². The third kappa shape index (κ3) is 2.59. The summed E-state index contributed by atoms with van der Waals surface area (Å²) in [4.78, 5) is 13.4. The molecule has 0 aliphatic heterocycles. The van der Waals surface area contributed by atoms with Gasteiger partial charge in [0, 0.05) is 11.8 Å². The van der Waals surface area contributed by atoms with E-state index in [4.69, 9.17) is 23.2 Å². The van der Waals surface area contributed by atoms with E-state index in [0.717, 1.165) is 12.4 Å². The highest BCUT2D eigenvalue weighted by molar-refractivity contribution is 6.33. The Labute approximate surface area is 101 Å². The van der Waals surface area contributed by atoms with Crippen molar-refractivity contribution in [2.75, 3.05) is 5.88 Å². The number of hydrogen-bond donors (Lipinski definition) is 2. The van der Waals surface area contributed by atoms with Gasteiger partial charge in [-0.1, -0.05) is 11.6 Å². The van der Waals surface area contributed by atoms with Crippen molar-refractivity contribution in [1.82, 2.24) is 4.98 Å². The monoisotopic (exact) mass is 266 g/mol. The van der Waals surface area contributed by atoms with Gasteiger partial charge in [0.25, 0.3) is 0 Å². The Bertz CT molecular complexity index is 402. The van der Waals surface area contributed by atoms with Crippen LogP contribution in [-0.4, -0.2) is 32.1 Å². The van der Waals surface area contributed by atoms with Crippen molar-refractivity contribution in [2.45, 2.75) is 12.2 Å². The van der Waals surface area contributed by atoms with Crippen molar-refractivity contribution >= 4 is 28.9 Å². The molecule has 2 atom stereocenters. The minimum atomic E-state index is -1.41. The number of nitro groups is 1. The molecule has 88 valence electrons. The largest absolute Gasteiger partial charge is 0.389 e. The van der Waals surface area contributed by atoms with Crippen LogP contribution in [0.15, 0.2) is 12.4 Å². The standard InChI is InChI=1S/C8H8Cl2N2O4/c9-1-6(13)8(14)4-2-11-3-5(7(4)10)12(15)16/h2-3,6,8,13-14H,1H2. The second kappa shape index (κ2) is 5.40. The summed E-state index contributed by atoms with van der Waals surface area (Å²) >= 11 is 11.0. The van der Waals surface area contributed by atoms with Crippen molar-refractivity contribution in [1.29, 1.82) is 0 Å². The van der Waals surface area contributed by atoms with Crippen molar-refractivity contribution in [2.24, 2.45) is 0 Å². The van der Waals surface area contributed by atoms with E-state index < -0.39 is 22.8 Å². The molecule has 0 saturated heterocycles. The molecule has 2 unspecified atom stereocenters. The van der Waals surface area contributed by atoms with Crippen LogP contribution in [0.3, 0.4) is 0 Å². The molecule has 0 radical (unpaired) electrons. The Morgan fingerprint density at radius 2 is 2.12 bits per heavy atom. The normalized spacial score (nSPS) is 14.5. The van der Waals surface area contributed by atoms with Gasteiger partial charge in [0.05, 0.1) is 16.9 Å². The number of hydrogen-bond acceptors (Lipinski definition) is 5. The molecule has 0 fully saturated rings. The van der Waals surface area contributed by atoms with Crippen LogP contribution in [0.25, 0.3) is 0 Å². The number of pyridine rings is 1. The van der Waals surface area contributed by atoms with Gasteiger partial charge in [-0.25, -0.2) is 0 Å². The van der Waals surface area contributed by atoms with Gasteiger partial charge in [-0.3, -0.25) is 15.1 Å². The van der Waals surface area contributed by atoms with Crippen LogP contribution in [0.4, 0.5) is 5.69 Å². The smallest absolute Gasteiger partial charge is 0.306 e. The topological polar surface area (TPSA) is 96.5 Å². The van der Waals surface area contributed by atoms with Crippen molar-refractivity contribution < 1.29 is 15.1 Å². The van der Waals surface area contributed by atoms with E-state index in [-0.39, 0.29) is 16.5 Å². The van der Waals surface area contributed by atoms with E-state index in [1.807, 2.05) is 0 Å². The van der Waals surface area contributed by atoms with Gasteiger partial charge in [-0.15, -0.1) is 11.6 Å². The lowest BCUT2D eigenvalue weighted by molar-refractivity contribution is -0.385. The van der Waals surface area contributed by atoms with Gasteiger partial charge in [-0.2, -0.15) is 0 Å². The van der Waals surface area contributed by atoms with Crippen LogP contribution >= 0.6 is 23.2 Å².